The molecular formula is C9H13N3O2S. The average molecular weight is 227 g/mol. The summed E-state index contributed by atoms with van der Waals surface area (Å²) in [6, 6.07) is 0.269. The van der Waals surface area contributed by atoms with Crippen LogP contribution in [0.2, 0.25) is 0 Å². The second-order valence-electron chi connectivity index (χ2n) is 3.31. The molecule has 1 unspecified atom stereocenters. The first-order valence-electron chi connectivity index (χ1n) is 5.05. The Bertz CT molecular complexity index is 347. The Morgan fingerprint density at radius 2 is 2.53 bits per heavy atom. The molecule has 2 rings (SSSR count). The summed E-state index contributed by atoms with van der Waals surface area (Å²) >= 11 is 1.32. The monoisotopic (exact) mass is 227 g/mol. The number of esters is 1. The van der Waals surface area contributed by atoms with Gasteiger partial charge in [-0.2, -0.15) is 0 Å². The molecule has 2 heterocycles. The molecule has 0 radical (unpaired) electrons. The maximum absolute atomic E-state index is 11.3. The molecule has 1 aliphatic heterocycles. The number of nitrogens with one attached hydrogen (secondary N) is 1. The fraction of sp³-hybridized carbons (Fsp3) is 0.667. The fourth-order valence-electron chi connectivity index (χ4n) is 1.55. The quantitative estimate of drug-likeness (QED) is 0.784. The lowest BCUT2D eigenvalue weighted by atomic mass is 10.2. The summed E-state index contributed by atoms with van der Waals surface area (Å²) in [4.78, 5) is 11.3. The summed E-state index contributed by atoms with van der Waals surface area (Å²) < 4.78 is 4.85. The molecule has 6 heteroatoms. The lowest BCUT2D eigenvalue weighted by Crippen LogP contribution is -2.12. The summed E-state index contributed by atoms with van der Waals surface area (Å²) in [6.45, 7) is 3.16. The van der Waals surface area contributed by atoms with Crippen molar-refractivity contribution in [3.05, 3.63) is 10.0 Å². The van der Waals surface area contributed by atoms with E-state index in [1.54, 1.807) is 6.92 Å². The Hall–Kier alpha value is -1.01. The van der Waals surface area contributed by atoms with Crippen LogP contribution in [0.5, 0.6) is 0 Å². The minimum atomic E-state index is -0.376. The van der Waals surface area contributed by atoms with Gasteiger partial charge in [-0.25, -0.2) is 4.79 Å². The summed E-state index contributed by atoms with van der Waals surface area (Å²) in [5, 5.41) is 12.4. The van der Waals surface area contributed by atoms with E-state index < -0.39 is 0 Å². The summed E-state index contributed by atoms with van der Waals surface area (Å²) in [5.74, 6) is -0.376. The number of hydrogen-bond acceptors (Lipinski definition) is 6. The maximum atomic E-state index is 11.3. The molecule has 1 aromatic rings. The topological polar surface area (TPSA) is 64.1 Å². The number of carbonyl (C=O) groups excluding carboxylic acids is 1. The van der Waals surface area contributed by atoms with Crippen LogP contribution in [-0.4, -0.2) is 29.3 Å². The van der Waals surface area contributed by atoms with E-state index in [2.05, 4.69) is 15.5 Å². The zero-order chi connectivity index (χ0) is 10.7. The number of carbonyl (C=O) groups is 1. The molecule has 0 saturated carbocycles. The molecular weight excluding hydrogens is 214 g/mol. The third kappa shape index (κ3) is 2.32. The van der Waals surface area contributed by atoms with Gasteiger partial charge in [0.05, 0.1) is 12.6 Å². The molecule has 1 fully saturated rings. The average Bonchev–Trinajstić information content (AvgIpc) is 2.89. The zero-order valence-corrected chi connectivity index (χ0v) is 9.34. The molecule has 0 amide bonds. The van der Waals surface area contributed by atoms with Gasteiger partial charge in [-0.3, -0.25) is 0 Å². The molecule has 1 saturated heterocycles. The number of hydrogen-bond donors (Lipinski definition) is 1. The lowest BCUT2D eigenvalue weighted by molar-refractivity contribution is 0.0525. The molecule has 5 nitrogen and oxygen atoms in total. The molecule has 0 aromatic carbocycles. The van der Waals surface area contributed by atoms with E-state index in [1.807, 2.05) is 0 Å². The van der Waals surface area contributed by atoms with Crippen LogP contribution in [0.25, 0.3) is 0 Å². The van der Waals surface area contributed by atoms with Gasteiger partial charge in [0.2, 0.25) is 5.01 Å². The molecule has 0 aliphatic carbocycles. The molecule has 1 aromatic heterocycles. The molecule has 0 spiro atoms. The highest BCUT2D eigenvalue weighted by molar-refractivity contribution is 7.13. The molecule has 1 N–H and O–H groups in total. The van der Waals surface area contributed by atoms with E-state index in [0.717, 1.165) is 24.4 Å². The van der Waals surface area contributed by atoms with Gasteiger partial charge in [0, 0.05) is 0 Å². The summed E-state index contributed by atoms with van der Waals surface area (Å²) in [7, 11) is 0. The van der Waals surface area contributed by atoms with Gasteiger partial charge in [-0.15, -0.1) is 10.2 Å². The van der Waals surface area contributed by atoms with Gasteiger partial charge in [0.25, 0.3) is 0 Å². The first-order chi connectivity index (χ1) is 7.31. The van der Waals surface area contributed by atoms with E-state index >= 15 is 0 Å². The number of ether oxygens (including phenoxy) is 1. The largest absolute Gasteiger partial charge is 0.461 e. The van der Waals surface area contributed by atoms with Gasteiger partial charge >= 0.3 is 5.97 Å². The van der Waals surface area contributed by atoms with Crippen LogP contribution in [0.1, 0.15) is 40.6 Å². The smallest absolute Gasteiger partial charge is 0.369 e. The third-order valence-corrected chi connectivity index (χ3v) is 3.27. The van der Waals surface area contributed by atoms with Crippen molar-refractivity contribution in [3.63, 3.8) is 0 Å². The van der Waals surface area contributed by atoms with Crippen LogP contribution >= 0.6 is 11.3 Å². The number of nitrogens with zero attached hydrogens (tertiary/aromatic N) is 2. The minimum absolute atomic E-state index is 0.269. The van der Waals surface area contributed by atoms with Crippen molar-refractivity contribution in [1.29, 1.82) is 0 Å². The molecule has 1 aliphatic rings. The Kier molecular flexibility index (Phi) is 3.27. The first kappa shape index (κ1) is 10.5. The Morgan fingerprint density at radius 1 is 1.67 bits per heavy atom. The highest BCUT2D eigenvalue weighted by atomic mass is 32.1. The maximum Gasteiger partial charge on any atom is 0.369 e. The highest BCUT2D eigenvalue weighted by Gasteiger charge is 2.22. The number of aromatic nitrogens is 2. The Morgan fingerprint density at radius 3 is 3.20 bits per heavy atom. The zero-order valence-electron chi connectivity index (χ0n) is 8.52. The van der Waals surface area contributed by atoms with E-state index in [-0.39, 0.29) is 12.0 Å². The highest BCUT2D eigenvalue weighted by Crippen LogP contribution is 2.25. The summed E-state index contributed by atoms with van der Waals surface area (Å²) in [6.07, 6.45) is 2.22. The van der Waals surface area contributed by atoms with E-state index in [0.29, 0.717) is 11.6 Å². The van der Waals surface area contributed by atoms with Crippen molar-refractivity contribution < 1.29 is 9.53 Å². The van der Waals surface area contributed by atoms with E-state index in [4.69, 9.17) is 4.74 Å². The van der Waals surface area contributed by atoms with Crippen LogP contribution < -0.4 is 5.32 Å². The van der Waals surface area contributed by atoms with Gasteiger partial charge in [0.1, 0.15) is 5.01 Å². The fourth-order valence-corrected chi connectivity index (χ4v) is 2.39. The molecule has 82 valence electrons. The predicted octanol–water partition coefficient (Wildman–Crippen LogP) is 1.14. The number of rotatable bonds is 3. The van der Waals surface area contributed by atoms with Crippen molar-refractivity contribution in [2.24, 2.45) is 0 Å². The van der Waals surface area contributed by atoms with Crippen LogP contribution in [0.4, 0.5) is 0 Å². The van der Waals surface area contributed by atoms with Gasteiger partial charge in [0.15, 0.2) is 0 Å². The van der Waals surface area contributed by atoms with E-state index in [1.165, 1.54) is 11.3 Å². The van der Waals surface area contributed by atoms with Crippen LogP contribution in [0.3, 0.4) is 0 Å². The Labute approximate surface area is 91.9 Å². The minimum Gasteiger partial charge on any atom is -0.461 e. The first-order valence-corrected chi connectivity index (χ1v) is 5.87. The van der Waals surface area contributed by atoms with Gasteiger partial charge in [-0.1, -0.05) is 11.3 Å². The van der Waals surface area contributed by atoms with Crippen molar-refractivity contribution >= 4 is 17.3 Å². The van der Waals surface area contributed by atoms with Crippen molar-refractivity contribution in [2.75, 3.05) is 13.2 Å². The molecule has 15 heavy (non-hydrogen) atoms. The van der Waals surface area contributed by atoms with Crippen molar-refractivity contribution in [1.82, 2.24) is 15.5 Å². The second kappa shape index (κ2) is 4.67. The normalized spacial score (nSPS) is 20.5. The molecule has 0 bridgehead atoms. The van der Waals surface area contributed by atoms with Crippen LogP contribution in [-0.2, 0) is 4.74 Å². The predicted molar refractivity (Wildman–Crippen MR) is 55.8 cm³/mol. The third-order valence-electron chi connectivity index (χ3n) is 2.25. The van der Waals surface area contributed by atoms with E-state index in [9.17, 15) is 4.79 Å². The lowest BCUT2D eigenvalue weighted by Gasteiger charge is -2.02. The van der Waals surface area contributed by atoms with Crippen LogP contribution in [0, 0.1) is 0 Å². The van der Waals surface area contributed by atoms with Gasteiger partial charge < -0.3 is 10.1 Å². The molecule has 1 atom stereocenters. The van der Waals surface area contributed by atoms with Crippen molar-refractivity contribution in [3.8, 4) is 0 Å². The standard InChI is InChI=1S/C9H13N3O2S/c1-2-14-9(13)8-12-11-7(15-8)6-4-3-5-10-6/h6,10H,2-5H2,1H3. The van der Waals surface area contributed by atoms with Crippen molar-refractivity contribution in [2.45, 2.75) is 25.8 Å². The Balaban J connectivity index is 2.06. The van der Waals surface area contributed by atoms with Crippen LogP contribution in [0.15, 0.2) is 0 Å². The summed E-state index contributed by atoms with van der Waals surface area (Å²) in [5.41, 5.74) is 0. The second-order valence-corrected chi connectivity index (χ2v) is 4.32. The van der Waals surface area contributed by atoms with Gasteiger partial charge in [-0.05, 0) is 26.3 Å². The SMILES string of the molecule is CCOC(=O)c1nnc(C2CCCN2)s1.